The number of thiophene rings is 3. The van der Waals surface area contributed by atoms with Crippen LogP contribution >= 0.6 is 65.9 Å². The fraction of sp³-hybridized carbons (Fsp3) is 0.581. The van der Waals surface area contributed by atoms with Crippen LogP contribution in [-0.4, -0.2) is 41.6 Å². The van der Waals surface area contributed by atoms with Gasteiger partial charge in [0.05, 0.1) is 18.7 Å². The van der Waals surface area contributed by atoms with E-state index in [9.17, 15) is 9.59 Å². The number of unbranched alkanes of at least 4 members (excludes halogenated alkanes) is 16. The first kappa shape index (κ1) is 59.5. The summed E-state index contributed by atoms with van der Waals surface area (Å²) in [5.41, 5.74) is 7.18. The molecule has 0 unspecified atom stereocenters. The molecule has 0 spiro atoms. The summed E-state index contributed by atoms with van der Waals surface area (Å²) in [5.74, 6) is 0.771. The van der Waals surface area contributed by atoms with Crippen molar-refractivity contribution in [2.24, 2.45) is 0 Å². The van der Waals surface area contributed by atoms with Crippen molar-refractivity contribution in [3.05, 3.63) is 112 Å². The second-order valence-electron chi connectivity index (χ2n) is 20.9. The first-order valence-electron chi connectivity index (χ1n) is 28.5. The summed E-state index contributed by atoms with van der Waals surface area (Å²) in [6.45, 7) is 16.8. The third-order valence-corrected chi connectivity index (χ3v) is 38.3. The molecule has 0 N–H and O–H groups in total. The molecule has 0 aliphatic carbocycles. The van der Waals surface area contributed by atoms with E-state index in [0.717, 1.165) is 51.8 Å². The Morgan fingerprint density at radius 3 is 1.38 bits per heavy atom. The van der Waals surface area contributed by atoms with Gasteiger partial charge in [0.2, 0.25) is 0 Å². The van der Waals surface area contributed by atoms with Crippen molar-refractivity contribution in [2.75, 3.05) is 6.54 Å². The molecule has 2 aliphatic heterocycles. The summed E-state index contributed by atoms with van der Waals surface area (Å²) in [4.78, 5) is 30.5. The van der Waals surface area contributed by atoms with Crippen molar-refractivity contribution in [1.29, 1.82) is 0 Å². The van der Waals surface area contributed by atoms with Crippen LogP contribution in [-0.2, 0) is 18.4 Å². The Morgan fingerprint density at radius 2 is 0.944 bits per heavy atom. The molecule has 2 aromatic carbocycles. The predicted octanol–water partition coefficient (Wildman–Crippen LogP) is 20.8. The van der Waals surface area contributed by atoms with Gasteiger partial charge in [0, 0.05) is 6.54 Å². The number of imide groups is 1. The summed E-state index contributed by atoms with van der Waals surface area (Å²) in [7, 11) is 0. The van der Waals surface area contributed by atoms with Gasteiger partial charge in [0.1, 0.15) is 0 Å². The van der Waals surface area contributed by atoms with Gasteiger partial charge in [0.15, 0.2) is 0 Å². The number of rotatable bonds is 31. The van der Waals surface area contributed by atoms with E-state index >= 15 is 0 Å². The van der Waals surface area contributed by atoms with Crippen LogP contribution in [0.25, 0.3) is 9.75 Å². The molecular weight excluding hydrogens is 1180 g/mol. The molecule has 0 atom stereocenters. The predicted molar refractivity (Wildman–Crippen MR) is 324 cm³/mol. The van der Waals surface area contributed by atoms with E-state index in [1.54, 1.807) is 2.89 Å². The maximum atomic E-state index is 12.5. The standard InChI is InChI=1S/C28H27OS2.C22H33Br2NO2S.3C4H9.Sn/c1-4-6-20-8-12-22(13-9-20)28(23-14-10-21(7-5-2)11-15-23)24-16-17-30-26(24)27-25(29-28)18-19(3)31-27;1-2-3-4-5-6-7-8-9-10-11-12-13-14-15-16-25-21(26)17-18(22(25)27)20(24)28-19(17)23;3*1-3-4-2;/h8-16,18H,4-7H2,1-3H3;2-16H2,1H3;3*1,3-4H2,2H3;. The summed E-state index contributed by atoms with van der Waals surface area (Å²) in [6, 6.07) is 23.9. The van der Waals surface area contributed by atoms with E-state index < -0.39 is 24.0 Å². The third-order valence-electron chi connectivity index (χ3n) is 15.2. The Kier molecular flexibility index (Phi) is 25.0. The topological polar surface area (TPSA) is 46.6 Å². The van der Waals surface area contributed by atoms with Crippen LogP contribution in [0.4, 0.5) is 0 Å². The average Bonchev–Trinajstić information content (AvgIpc) is 4.14. The molecule has 0 radical (unpaired) electrons. The zero-order valence-corrected chi connectivity index (χ0v) is 53.7. The van der Waals surface area contributed by atoms with Gasteiger partial charge in [-0.2, -0.15) is 0 Å². The van der Waals surface area contributed by atoms with Crippen molar-refractivity contribution in [3.63, 3.8) is 0 Å². The first-order valence-corrected chi connectivity index (χ1v) is 40.0. The van der Waals surface area contributed by atoms with Gasteiger partial charge >= 0.3 is 282 Å². The second-order valence-corrected chi connectivity index (χ2v) is 41.1. The Morgan fingerprint density at radius 1 is 0.514 bits per heavy atom. The minimum absolute atomic E-state index is 0.150. The molecule has 7 rings (SSSR count). The van der Waals surface area contributed by atoms with Gasteiger partial charge in [-0.3, -0.25) is 14.5 Å². The molecule has 5 aromatic rings. The number of hydrogen-bond acceptors (Lipinski definition) is 6. The van der Waals surface area contributed by atoms with Crippen molar-refractivity contribution in [2.45, 2.75) is 221 Å². The van der Waals surface area contributed by atoms with E-state index in [4.69, 9.17) is 4.74 Å². The van der Waals surface area contributed by atoms with Crippen LogP contribution in [0.1, 0.15) is 236 Å². The van der Waals surface area contributed by atoms with Crippen LogP contribution in [0.2, 0.25) is 13.3 Å². The van der Waals surface area contributed by atoms with Crippen molar-refractivity contribution in [3.8, 4) is 15.5 Å². The van der Waals surface area contributed by atoms with Gasteiger partial charge in [0.25, 0.3) is 11.8 Å². The van der Waals surface area contributed by atoms with Crippen LogP contribution in [0.3, 0.4) is 0 Å². The summed E-state index contributed by atoms with van der Waals surface area (Å²) in [6.07, 6.45) is 30.9. The van der Waals surface area contributed by atoms with Gasteiger partial charge in [-0.15, -0.1) is 11.3 Å². The van der Waals surface area contributed by atoms with Crippen LogP contribution in [0.5, 0.6) is 5.75 Å². The number of carbonyl (C=O) groups excluding carboxylic acids is 2. The SMILES string of the molecule is CCCCCCCCCCCCCCCCN1C(=O)c2c(Br)sc(Br)c2C1=O.CCC[CH2][Sn]([CH2]CCC)([CH2]CCC)[c]1cc2c(s1)-c1sc(C)cc1OC2(c1ccc(CCC)cc1)c1ccc(CCC)cc1. The number of amides is 2. The summed E-state index contributed by atoms with van der Waals surface area (Å²) < 4.78 is 15.2. The Bertz CT molecular complexity index is 2330. The first-order chi connectivity index (χ1) is 35.0. The molecule has 10 heteroatoms. The van der Waals surface area contributed by atoms with E-state index in [1.165, 1.54) is 188 Å². The molecule has 2 amide bonds. The second kappa shape index (κ2) is 30.2. The molecule has 4 nitrogen and oxygen atoms in total. The monoisotopic (exact) mass is 1270 g/mol. The van der Waals surface area contributed by atoms with Gasteiger partial charge in [-0.1, -0.05) is 90.4 Å². The molecule has 5 heterocycles. The van der Waals surface area contributed by atoms with Crippen molar-refractivity contribution >= 4 is 99.0 Å². The maximum absolute atomic E-state index is 12.5. The number of fused-ring (bicyclic) bond motifs is 4. The minimum atomic E-state index is -2.69. The van der Waals surface area contributed by atoms with Gasteiger partial charge in [-0.05, 0) is 38.3 Å². The molecule has 0 saturated heterocycles. The van der Waals surface area contributed by atoms with Crippen molar-refractivity contribution < 1.29 is 14.3 Å². The Balaban J connectivity index is 0.000000261. The Labute approximate surface area is 469 Å². The molecule has 394 valence electrons. The number of hydrogen-bond donors (Lipinski definition) is 0. The number of nitrogens with zero attached hydrogens (tertiary/aromatic N) is 1. The van der Waals surface area contributed by atoms with E-state index in [1.807, 2.05) is 11.3 Å². The molecule has 72 heavy (non-hydrogen) atoms. The fourth-order valence-corrected chi connectivity index (χ4v) is 35.6. The van der Waals surface area contributed by atoms with Gasteiger partial charge in [-0.25, -0.2) is 0 Å². The zero-order valence-electron chi connectivity index (χ0n) is 45.2. The summed E-state index contributed by atoms with van der Waals surface area (Å²) in [5, 5.41) is 0. The molecule has 0 bridgehead atoms. The van der Waals surface area contributed by atoms with E-state index in [-0.39, 0.29) is 11.8 Å². The number of ether oxygens (including phenoxy) is 1. The molecule has 0 saturated carbocycles. The molecule has 2 aliphatic rings. The van der Waals surface area contributed by atoms with Crippen LogP contribution in [0, 0.1) is 6.92 Å². The Hall–Kier alpha value is -1.76. The number of carbonyl (C=O) groups is 2. The van der Waals surface area contributed by atoms with Crippen LogP contribution in [0.15, 0.2) is 68.2 Å². The van der Waals surface area contributed by atoms with E-state index in [0.29, 0.717) is 17.7 Å². The normalized spacial score (nSPS) is 13.8. The third kappa shape index (κ3) is 14.8. The van der Waals surface area contributed by atoms with Crippen molar-refractivity contribution in [1.82, 2.24) is 4.90 Å². The number of halogens is 2. The quantitative estimate of drug-likeness (QED) is 0.0252. The fourth-order valence-electron chi connectivity index (χ4n) is 11.1. The molecular formula is C62H87Br2NO3S3Sn. The average molecular weight is 1270 g/mol. The number of benzene rings is 2. The van der Waals surface area contributed by atoms with Gasteiger partial charge < -0.3 is 0 Å². The number of aryl methyl sites for hydroxylation is 3. The van der Waals surface area contributed by atoms with Crippen LogP contribution < -0.4 is 7.63 Å². The molecule has 0 fully saturated rings. The zero-order chi connectivity index (χ0) is 51.5. The van der Waals surface area contributed by atoms with E-state index in [2.05, 4.69) is 152 Å². The summed E-state index contributed by atoms with van der Waals surface area (Å²) >= 11 is 9.62. The molecule has 3 aromatic heterocycles.